The van der Waals surface area contributed by atoms with E-state index in [2.05, 4.69) is 46.6 Å². The molecule has 0 amide bonds. The highest BCUT2D eigenvalue weighted by Crippen LogP contribution is 2.18. The van der Waals surface area contributed by atoms with Crippen molar-refractivity contribution in [1.29, 1.82) is 0 Å². The Kier molecular flexibility index (Phi) is 4.74. The van der Waals surface area contributed by atoms with Crippen LogP contribution in [0.4, 0.5) is 11.8 Å². The van der Waals surface area contributed by atoms with E-state index in [9.17, 15) is 0 Å². The molecule has 2 aromatic heterocycles. The van der Waals surface area contributed by atoms with E-state index >= 15 is 0 Å². The predicted molar refractivity (Wildman–Crippen MR) is 82.0 cm³/mol. The van der Waals surface area contributed by atoms with E-state index in [1.54, 1.807) is 6.20 Å². The average molecular weight is 276 g/mol. The largest absolute Gasteiger partial charge is 0.367 e. The zero-order valence-corrected chi connectivity index (χ0v) is 12.4. The Balaban J connectivity index is 1.94. The smallest absolute Gasteiger partial charge is 0.224 e. The van der Waals surface area contributed by atoms with Gasteiger partial charge in [0.05, 0.1) is 0 Å². The topological polar surface area (TPSA) is 49.8 Å². The first-order valence-electron chi connectivity index (χ1n) is 6.56. The lowest BCUT2D eigenvalue weighted by molar-refractivity contribution is 0.793. The maximum absolute atomic E-state index is 4.42. The Labute approximate surface area is 118 Å². The second kappa shape index (κ2) is 6.52. The highest BCUT2D eigenvalue weighted by molar-refractivity contribution is 7.11. The van der Waals surface area contributed by atoms with Gasteiger partial charge in [-0.1, -0.05) is 0 Å². The molecule has 1 unspecified atom stereocenters. The summed E-state index contributed by atoms with van der Waals surface area (Å²) in [5.41, 5.74) is 0. The lowest BCUT2D eigenvalue weighted by Crippen LogP contribution is -2.18. The van der Waals surface area contributed by atoms with Crippen molar-refractivity contribution in [3.63, 3.8) is 0 Å². The fraction of sp³-hybridized carbons (Fsp3) is 0.429. The summed E-state index contributed by atoms with van der Waals surface area (Å²) >= 11 is 1.85. The first kappa shape index (κ1) is 13.8. The van der Waals surface area contributed by atoms with Crippen LogP contribution in [-0.2, 0) is 6.42 Å². The van der Waals surface area contributed by atoms with Crippen LogP contribution >= 0.6 is 11.3 Å². The first-order chi connectivity index (χ1) is 9.17. The van der Waals surface area contributed by atoms with Crippen LogP contribution in [0.3, 0.4) is 0 Å². The summed E-state index contributed by atoms with van der Waals surface area (Å²) in [4.78, 5) is 11.3. The molecule has 0 aliphatic rings. The third-order valence-electron chi connectivity index (χ3n) is 2.69. The molecular weight excluding hydrogens is 256 g/mol. The van der Waals surface area contributed by atoms with Crippen molar-refractivity contribution in [1.82, 2.24) is 9.97 Å². The zero-order valence-electron chi connectivity index (χ0n) is 11.6. The number of nitrogens with one attached hydrogen (secondary N) is 2. The van der Waals surface area contributed by atoms with Gasteiger partial charge in [-0.2, -0.15) is 4.98 Å². The molecule has 0 aliphatic heterocycles. The number of rotatable bonds is 6. The fourth-order valence-corrected chi connectivity index (χ4v) is 2.90. The maximum Gasteiger partial charge on any atom is 0.224 e. The highest BCUT2D eigenvalue weighted by atomic mass is 32.1. The third-order valence-corrected chi connectivity index (χ3v) is 3.71. The van der Waals surface area contributed by atoms with Gasteiger partial charge in [-0.15, -0.1) is 11.3 Å². The summed E-state index contributed by atoms with van der Waals surface area (Å²) in [5, 5.41) is 6.53. The van der Waals surface area contributed by atoms with E-state index in [1.807, 2.05) is 24.3 Å². The van der Waals surface area contributed by atoms with Gasteiger partial charge in [-0.25, -0.2) is 4.98 Å². The van der Waals surface area contributed by atoms with Crippen LogP contribution in [0.25, 0.3) is 0 Å². The first-order valence-corrected chi connectivity index (χ1v) is 7.37. The molecule has 5 heteroatoms. The Morgan fingerprint density at radius 1 is 1.32 bits per heavy atom. The van der Waals surface area contributed by atoms with Crippen LogP contribution in [0.5, 0.6) is 0 Å². The highest BCUT2D eigenvalue weighted by Gasteiger charge is 2.06. The summed E-state index contributed by atoms with van der Waals surface area (Å²) in [6, 6.07) is 6.61. The molecule has 1 atom stereocenters. The quantitative estimate of drug-likeness (QED) is 0.850. The number of nitrogens with zero attached hydrogens (tertiary/aromatic N) is 2. The summed E-state index contributed by atoms with van der Waals surface area (Å²) in [7, 11) is 0. The standard InChI is InChI=1S/C14H20N4S/c1-4-15-14-16-8-7-13(18-14)17-10(2)9-12-6-5-11(3)19-12/h5-8,10H,4,9H2,1-3H3,(H2,15,16,17,18). The number of hydrogen-bond acceptors (Lipinski definition) is 5. The summed E-state index contributed by atoms with van der Waals surface area (Å²) in [6.45, 7) is 7.17. The molecule has 0 bridgehead atoms. The van der Waals surface area contributed by atoms with Gasteiger partial charge in [-0.3, -0.25) is 0 Å². The van der Waals surface area contributed by atoms with Crippen molar-refractivity contribution >= 4 is 23.1 Å². The maximum atomic E-state index is 4.42. The number of anilines is 2. The van der Waals surface area contributed by atoms with Gasteiger partial charge < -0.3 is 10.6 Å². The molecular formula is C14H20N4S. The fourth-order valence-electron chi connectivity index (χ4n) is 1.88. The Bertz CT molecular complexity index is 524. The van der Waals surface area contributed by atoms with Crippen LogP contribution < -0.4 is 10.6 Å². The van der Waals surface area contributed by atoms with Crippen LogP contribution in [-0.4, -0.2) is 22.6 Å². The van der Waals surface area contributed by atoms with Gasteiger partial charge in [0.25, 0.3) is 0 Å². The second-order valence-corrected chi connectivity index (χ2v) is 5.93. The summed E-state index contributed by atoms with van der Waals surface area (Å²) < 4.78 is 0. The number of hydrogen-bond donors (Lipinski definition) is 2. The summed E-state index contributed by atoms with van der Waals surface area (Å²) in [6.07, 6.45) is 2.79. The monoisotopic (exact) mass is 276 g/mol. The molecule has 0 aromatic carbocycles. The molecule has 19 heavy (non-hydrogen) atoms. The van der Waals surface area contributed by atoms with Crippen molar-refractivity contribution < 1.29 is 0 Å². The van der Waals surface area contributed by atoms with E-state index in [0.717, 1.165) is 18.8 Å². The van der Waals surface area contributed by atoms with Crippen LogP contribution in [0, 0.1) is 6.92 Å². The molecule has 2 N–H and O–H groups in total. The molecule has 0 aliphatic carbocycles. The lowest BCUT2D eigenvalue weighted by Gasteiger charge is -2.14. The van der Waals surface area contributed by atoms with Crippen molar-refractivity contribution in [3.8, 4) is 0 Å². The van der Waals surface area contributed by atoms with E-state index in [4.69, 9.17) is 0 Å². The molecule has 0 fully saturated rings. The zero-order chi connectivity index (χ0) is 13.7. The molecule has 0 spiro atoms. The molecule has 0 saturated heterocycles. The molecule has 102 valence electrons. The minimum absolute atomic E-state index is 0.349. The van der Waals surface area contributed by atoms with Gasteiger partial charge in [0.1, 0.15) is 5.82 Å². The summed E-state index contributed by atoms with van der Waals surface area (Å²) in [5.74, 6) is 1.54. The molecule has 2 heterocycles. The van der Waals surface area contributed by atoms with Crippen molar-refractivity contribution in [3.05, 3.63) is 34.2 Å². The number of aromatic nitrogens is 2. The second-order valence-electron chi connectivity index (χ2n) is 4.56. The third kappa shape index (κ3) is 4.21. The van der Waals surface area contributed by atoms with Crippen molar-refractivity contribution in [2.24, 2.45) is 0 Å². The Morgan fingerprint density at radius 2 is 2.16 bits per heavy atom. The molecule has 2 aromatic rings. The molecule has 0 radical (unpaired) electrons. The van der Waals surface area contributed by atoms with Crippen molar-refractivity contribution in [2.45, 2.75) is 33.2 Å². The van der Waals surface area contributed by atoms with Crippen LogP contribution in [0.15, 0.2) is 24.4 Å². The normalized spacial score (nSPS) is 12.2. The Hall–Kier alpha value is -1.62. The minimum Gasteiger partial charge on any atom is -0.367 e. The number of thiophene rings is 1. The van der Waals surface area contributed by atoms with Gasteiger partial charge in [0.15, 0.2) is 0 Å². The molecule has 4 nitrogen and oxygen atoms in total. The van der Waals surface area contributed by atoms with Gasteiger partial charge in [0, 0.05) is 35.0 Å². The van der Waals surface area contributed by atoms with Gasteiger partial charge >= 0.3 is 0 Å². The SMILES string of the molecule is CCNc1nccc(NC(C)Cc2ccc(C)s2)n1. The van der Waals surface area contributed by atoms with E-state index in [-0.39, 0.29) is 0 Å². The number of aryl methyl sites for hydroxylation is 1. The van der Waals surface area contributed by atoms with E-state index < -0.39 is 0 Å². The van der Waals surface area contributed by atoms with Crippen molar-refractivity contribution in [2.75, 3.05) is 17.2 Å². The van der Waals surface area contributed by atoms with Crippen LogP contribution in [0.2, 0.25) is 0 Å². The lowest BCUT2D eigenvalue weighted by atomic mass is 10.2. The molecule has 0 saturated carbocycles. The minimum atomic E-state index is 0.349. The Morgan fingerprint density at radius 3 is 2.84 bits per heavy atom. The predicted octanol–water partition coefficient (Wildman–Crippen LogP) is 3.32. The molecule has 2 rings (SSSR count). The van der Waals surface area contributed by atoms with E-state index in [0.29, 0.717) is 12.0 Å². The van der Waals surface area contributed by atoms with Gasteiger partial charge in [0.2, 0.25) is 5.95 Å². The van der Waals surface area contributed by atoms with E-state index in [1.165, 1.54) is 9.75 Å². The van der Waals surface area contributed by atoms with Gasteiger partial charge in [-0.05, 0) is 39.0 Å². The average Bonchev–Trinajstić information content (AvgIpc) is 2.75. The van der Waals surface area contributed by atoms with Crippen LogP contribution in [0.1, 0.15) is 23.6 Å².